The molecule has 0 spiro atoms. The smallest absolute Gasteiger partial charge is 0.404 e. The largest absolute Gasteiger partial charge is 0.446 e. The average molecular weight is 262 g/mol. The van der Waals surface area contributed by atoms with Crippen LogP contribution in [0.2, 0.25) is 0 Å². The van der Waals surface area contributed by atoms with Gasteiger partial charge in [0, 0.05) is 20.6 Å². The lowest BCUT2D eigenvalue weighted by molar-refractivity contribution is 0.147. The molecule has 70 valence electrons. The number of rotatable bonds is 2. The third kappa shape index (κ3) is 2.03. The first-order valence-electron chi connectivity index (χ1n) is 3.87. The van der Waals surface area contributed by atoms with Crippen molar-refractivity contribution in [1.29, 1.82) is 0 Å². The van der Waals surface area contributed by atoms with Crippen LogP contribution in [0.15, 0.2) is 15.9 Å². The van der Waals surface area contributed by atoms with Gasteiger partial charge in [-0.25, -0.2) is 4.79 Å². The molecule has 5 heteroatoms. The molecule has 1 aromatic heterocycles. The zero-order valence-corrected chi connectivity index (χ0v) is 9.10. The first-order valence-corrected chi connectivity index (χ1v) is 5.54. The van der Waals surface area contributed by atoms with Crippen molar-refractivity contribution >= 4 is 33.4 Å². The van der Waals surface area contributed by atoms with E-state index in [-0.39, 0.29) is 6.10 Å². The van der Waals surface area contributed by atoms with Gasteiger partial charge in [-0.15, -0.1) is 11.3 Å². The standard InChI is InChI=1S/C8H8BrNO2S/c9-4-1-7(13-3-4)5-2-6(5)12-8(10)11/h1,3,5-6H,2H2,(H2,10,11)/t5-,6-/m1/s1. The Morgan fingerprint density at radius 3 is 3.08 bits per heavy atom. The maximum atomic E-state index is 10.4. The molecule has 0 radical (unpaired) electrons. The predicted octanol–water partition coefficient (Wildman–Crippen LogP) is 2.46. The molecule has 1 saturated carbocycles. The van der Waals surface area contributed by atoms with Crippen LogP contribution in [0.3, 0.4) is 0 Å². The number of primary amides is 1. The highest BCUT2D eigenvalue weighted by Crippen LogP contribution is 2.46. The van der Waals surface area contributed by atoms with E-state index in [1.807, 2.05) is 5.38 Å². The number of carbonyl (C=O) groups excluding carboxylic acids is 1. The Labute approximate surface area is 88.0 Å². The van der Waals surface area contributed by atoms with Crippen LogP contribution in [0.25, 0.3) is 0 Å². The van der Waals surface area contributed by atoms with E-state index < -0.39 is 6.09 Å². The number of thiophene rings is 1. The predicted molar refractivity (Wildman–Crippen MR) is 53.8 cm³/mol. The van der Waals surface area contributed by atoms with Crippen LogP contribution in [-0.4, -0.2) is 12.2 Å². The molecular weight excluding hydrogens is 254 g/mol. The minimum atomic E-state index is -0.678. The van der Waals surface area contributed by atoms with Crippen molar-refractivity contribution in [3.05, 3.63) is 20.8 Å². The van der Waals surface area contributed by atoms with Gasteiger partial charge in [0.25, 0.3) is 0 Å². The van der Waals surface area contributed by atoms with Crippen LogP contribution >= 0.6 is 27.3 Å². The van der Waals surface area contributed by atoms with Gasteiger partial charge in [0.15, 0.2) is 0 Å². The van der Waals surface area contributed by atoms with Gasteiger partial charge in [0.05, 0.1) is 0 Å². The van der Waals surface area contributed by atoms with Gasteiger partial charge in [-0.1, -0.05) is 0 Å². The molecule has 0 aromatic carbocycles. The first-order chi connectivity index (χ1) is 6.16. The summed E-state index contributed by atoms with van der Waals surface area (Å²) in [6.07, 6.45) is 0.224. The number of hydrogen-bond donors (Lipinski definition) is 1. The van der Waals surface area contributed by atoms with E-state index in [9.17, 15) is 4.79 Å². The van der Waals surface area contributed by atoms with Crippen molar-refractivity contribution in [3.8, 4) is 0 Å². The lowest BCUT2D eigenvalue weighted by Gasteiger charge is -1.97. The van der Waals surface area contributed by atoms with Gasteiger partial charge in [0.1, 0.15) is 6.10 Å². The van der Waals surface area contributed by atoms with Crippen LogP contribution < -0.4 is 5.73 Å². The highest BCUT2D eigenvalue weighted by atomic mass is 79.9. The minimum absolute atomic E-state index is 0.00282. The summed E-state index contributed by atoms with van der Waals surface area (Å²) < 4.78 is 5.95. The molecular formula is C8H8BrNO2S. The molecule has 1 amide bonds. The summed E-state index contributed by atoms with van der Waals surface area (Å²) >= 11 is 5.05. The topological polar surface area (TPSA) is 52.3 Å². The molecule has 1 aliphatic carbocycles. The van der Waals surface area contributed by atoms with E-state index in [0.717, 1.165) is 10.9 Å². The SMILES string of the molecule is NC(=O)O[C@@H]1C[C@H]1c1cc(Br)cs1. The molecule has 2 rings (SSSR count). The fourth-order valence-electron chi connectivity index (χ4n) is 1.27. The van der Waals surface area contributed by atoms with Gasteiger partial charge in [-0.3, -0.25) is 0 Å². The molecule has 1 aliphatic rings. The Morgan fingerprint density at radius 2 is 2.54 bits per heavy atom. The normalized spacial score (nSPS) is 25.6. The Balaban J connectivity index is 1.96. The van der Waals surface area contributed by atoms with E-state index >= 15 is 0 Å². The number of ether oxygens (including phenoxy) is 1. The molecule has 0 unspecified atom stereocenters. The summed E-state index contributed by atoms with van der Waals surface area (Å²) in [6, 6.07) is 2.06. The van der Waals surface area contributed by atoms with Gasteiger partial charge >= 0.3 is 6.09 Å². The number of carbonyl (C=O) groups is 1. The Hall–Kier alpha value is -0.550. The highest BCUT2D eigenvalue weighted by molar-refractivity contribution is 9.10. The van der Waals surface area contributed by atoms with Gasteiger partial charge in [-0.05, 0) is 28.4 Å². The molecule has 13 heavy (non-hydrogen) atoms. The average Bonchev–Trinajstić information content (AvgIpc) is 2.63. The molecule has 1 heterocycles. The zero-order chi connectivity index (χ0) is 9.42. The zero-order valence-electron chi connectivity index (χ0n) is 6.70. The third-order valence-electron chi connectivity index (χ3n) is 1.95. The molecule has 3 nitrogen and oxygen atoms in total. The molecule has 2 N–H and O–H groups in total. The summed E-state index contributed by atoms with van der Waals surface area (Å²) in [6.45, 7) is 0. The summed E-state index contributed by atoms with van der Waals surface area (Å²) in [5.41, 5.74) is 4.91. The van der Waals surface area contributed by atoms with E-state index in [1.165, 1.54) is 4.88 Å². The molecule has 0 saturated heterocycles. The van der Waals surface area contributed by atoms with Crippen molar-refractivity contribution < 1.29 is 9.53 Å². The monoisotopic (exact) mass is 261 g/mol. The van der Waals surface area contributed by atoms with Crippen molar-refractivity contribution in [2.45, 2.75) is 18.4 Å². The summed E-state index contributed by atoms with van der Waals surface area (Å²) in [4.78, 5) is 11.7. The summed E-state index contributed by atoms with van der Waals surface area (Å²) in [7, 11) is 0. The Kier molecular flexibility index (Phi) is 2.29. The molecule has 0 aliphatic heterocycles. The Bertz CT molecular complexity index is 339. The van der Waals surface area contributed by atoms with Crippen LogP contribution in [0.4, 0.5) is 4.79 Å². The van der Waals surface area contributed by atoms with Crippen molar-refractivity contribution in [2.24, 2.45) is 5.73 Å². The van der Waals surface area contributed by atoms with Gasteiger partial charge in [0.2, 0.25) is 0 Å². The Morgan fingerprint density at radius 1 is 1.77 bits per heavy atom. The fraction of sp³-hybridized carbons (Fsp3) is 0.375. The number of halogens is 1. The maximum Gasteiger partial charge on any atom is 0.404 e. The second-order valence-electron chi connectivity index (χ2n) is 2.98. The fourth-order valence-corrected chi connectivity index (χ4v) is 2.89. The number of hydrogen-bond acceptors (Lipinski definition) is 3. The second kappa shape index (κ2) is 3.31. The van der Waals surface area contributed by atoms with Gasteiger partial charge < -0.3 is 10.5 Å². The summed E-state index contributed by atoms with van der Waals surface area (Å²) in [5.74, 6) is 0.365. The van der Waals surface area contributed by atoms with E-state index in [4.69, 9.17) is 10.5 Å². The summed E-state index contributed by atoms with van der Waals surface area (Å²) in [5, 5.41) is 2.02. The number of nitrogens with two attached hydrogens (primary N) is 1. The van der Waals surface area contributed by atoms with Crippen molar-refractivity contribution in [1.82, 2.24) is 0 Å². The van der Waals surface area contributed by atoms with Crippen LogP contribution in [0, 0.1) is 0 Å². The lowest BCUT2D eigenvalue weighted by Crippen LogP contribution is -2.14. The van der Waals surface area contributed by atoms with Crippen molar-refractivity contribution in [2.75, 3.05) is 0 Å². The van der Waals surface area contributed by atoms with Crippen LogP contribution in [0.5, 0.6) is 0 Å². The molecule has 1 aromatic rings. The van der Waals surface area contributed by atoms with Gasteiger partial charge in [-0.2, -0.15) is 0 Å². The second-order valence-corrected chi connectivity index (χ2v) is 4.84. The molecule has 0 bridgehead atoms. The van der Waals surface area contributed by atoms with E-state index in [2.05, 4.69) is 22.0 Å². The molecule has 1 fully saturated rings. The van der Waals surface area contributed by atoms with E-state index in [0.29, 0.717) is 5.92 Å². The maximum absolute atomic E-state index is 10.4. The van der Waals surface area contributed by atoms with Crippen LogP contribution in [0.1, 0.15) is 17.2 Å². The van der Waals surface area contributed by atoms with E-state index in [1.54, 1.807) is 11.3 Å². The highest BCUT2D eigenvalue weighted by Gasteiger charge is 2.42. The third-order valence-corrected chi connectivity index (χ3v) is 3.78. The van der Waals surface area contributed by atoms with Crippen LogP contribution in [-0.2, 0) is 4.74 Å². The first kappa shape index (κ1) is 9.02. The number of amides is 1. The van der Waals surface area contributed by atoms with Crippen molar-refractivity contribution in [3.63, 3.8) is 0 Å². The molecule has 2 atom stereocenters. The quantitative estimate of drug-likeness (QED) is 0.890. The minimum Gasteiger partial charge on any atom is -0.446 e. The lowest BCUT2D eigenvalue weighted by atomic mass is 10.3.